The van der Waals surface area contributed by atoms with Crippen LogP contribution in [-0.4, -0.2) is 34.2 Å². The molecule has 1 aromatic carbocycles. The van der Waals surface area contributed by atoms with Crippen LogP contribution in [0.1, 0.15) is 18.7 Å². The first-order valence-electron chi connectivity index (χ1n) is 6.78. The normalized spacial score (nSPS) is 20.2. The Balaban J connectivity index is 1.72. The zero-order valence-electron chi connectivity index (χ0n) is 11.1. The summed E-state index contributed by atoms with van der Waals surface area (Å²) in [5.74, 6) is 1.14. The number of aromatic nitrogens is 2. The van der Waals surface area contributed by atoms with Crippen molar-refractivity contribution in [3.63, 3.8) is 0 Å². The Morgan fingerprint density at radius 3 is 3.05 bits per heavy atom. The van der Waals surface area contributed by atoms with Gasteiger partial charge in [-0.25, -0.2) is 0 Å². The van der Waals surface area contributed by atoms with E-state index >= 15 is 0 Å². The topological polar surface area (TPSA) is 68.2 Å². The van der Waals surface area contributed by atoms with Crippen molar-refractivity contribution >= 4 is 11.6 Å². The number of nitrogens with two attached hydrogens (primary N) is 1. The number of hydrogen-bond acceptors (Lipinski definition) is 5. The lowest BCUT2D eigenvalue weighted by Crippen LogP contribution is -2.42. The molecule has 1 atom stereocenters. The average Bonchev–Trinajstić information content (AvgIpc) is 2.87. The maximum absolute atomic E-state index is 6.13. The van der Waals surface area contributed by atoms with Crippen LogP contribution in [0.3, 0.4) is 0 Å². The molecule has 5 nitrogen and oxygen atoms in total. The zero-order chi connectivity index (χ0) is 13.9. The molecule has 1 saturated heterocycles. The smallest absolute Gasteiger partial charge is 0.241 e. The molecular weight excluding hydrogens is 276 g/mol. The van der Waals surface area contributed by atoms with E-state index in [9.17, 15) is 0 Å². The minimum absolute atomic E-state index is 0.245. The minimum Gasteiger partial charge on any atom is -0.338 e. The molecule has 2 N–H and O–H groups in total. The number of nitrogens with zero attached hydrogens (tertiary/aromatic N) is 3. The third kappa shape index (κ3) is 3.00. The molecule has 1 aliphatic rings. The second kappa shape index (κ2) is 5.91. The van der Waals surface area contributed by atoms with Crippen molar-refractivity contribution in [3.8, 4) is 11.4 Å². The fraction of sp³-hybridized carbons (Fsp3) is 0.429. The van der Waals surface area contributed by atoms with Gasteiger partial charge in [0.25, 0.3) is 0 Å². The molecule has 1 aromatic heterocycles. The summed E-state index contributed by atoms with van der Waals surface area (Å²) in [5, 5.41) is 4.63. The van der Waals surface area contributed by atoms with Crippen LogP contribution in [0.25, 0.3) is 11.4 Å². The van der Waals surface area contributed by atoms with Gasteiger partial charge in [0, 0.05) is 18.2 Å². The predicted molar refractivity (Wildman–Crippen MR) is 77.2 cm³/mol. The van der Waals surface area contributed by atoms with Gasteiger partial charge < -0.3 is 10.3 Å². The Morgan fingerprint density at radius 2 is 2.25 bits per heavy atom. The molecule has 1 unspecified atom stereocenters. The van der Waals surface area contributed by atoms with E-state index in [1.165, 1.54) is 0 Å². The number of likely N-dealkylation sites (tertiary alicyclic amines) is 1. The highest BCUT2D eigenvalue weighted by Gasteiger charge is 2.19. The van der Waals surface area contributed by atoms with E-state index in [2.05, 4.69) is 15.0 Å². The zero-order valence-corrected chi connectivity index (χ0v) is 11.9. The Bertz CT molecular complexity index is 586. The first-order valence-corrected chi connectivity index (χ1v) is 7.15. The van der Waals surface area contributed by atoms with Gasteiger partial charge in [0.1, 0.15) is 0 Å². The largest absolute Gasteiger partial charge is 0.338 e. The lowest BCUT2D eigenvalue weighted by Gasteiger charge is -2.29. The highest BCUT2D eigenvalue weighted by molar-refractivity contribution is 6.33. The van der Waals surface area contributed by atoms with E-state index in [1.54, 1.807) is 0 Å². The lowest BCUT2D eigenvalue weighted by atomic mass is 10.1. The molecule has 0 saturated carbocycles. The molecule has 6 heteroatoms. The third-order valence-corrected chi connectivity index (χ3v) is 3.81. The monoisotopic (exact) mass is 292 g/mol. The van der Waals surface area contributed by atoms with Crippen LogP contribution in [0.5, 0.6) is 0 Å². The second-order valence-corrected chi connectivity index (χ2v) is 5.54. The van der Waals surface area contributed by atoms with Gasteiger partial charge in [-0.15, -0.1) is 0 Å². The summed E-state index contributed by atoms with van der Waals surface area (Å²) in [7, 11) is 0. The van der Waals surface area contributed by atoms with Crippen LogP contribution in [0.2, 0.25) is 5.02 Å². The summed E-state index contributed by atoms with van der Waals surface area (Å²) < 4.78 is 5.31. The molecule has 0 amide bonds. The highest BCUT2D eigenvalue weighted by atomic mass is 35.5. The number of piperidine rings is 1. The summed E-state index contributed by atoms with van der Waals surface area (Å²) in [4.78, 5) is 6.66. The SMILES string of the molecule is NC1CCCN(Cc2nc(-c3ccccc3Cl)no2)C1. The van der Waals surface area contributed by atoms with Crippen LogP contribution in [0.4, 0.5) is 0 Å². The lowest BCUT2D eigenvalue weighted by molar-refractivity contribution is 0.178. The van der Waals surface area contributed by atoms with Crippen LogP contribution in [0.15, 0.2) is 28.8 Å². The van der Waals surface area contributed by atoms with E-state index in [0.717, 1.165) is 31.5 Å². The van der Waals surface area contributed by atoms with Crippen molar-refractivity contribution in [2.45, 2.75) is 25.4 Å². The Morgan fingerprint density at radius 1 is 1.40 bits per heavy atom. The number of halogens is 1. The Kier molecular flexibility index (Phi) is 4.00. The predicted octanol–water partition coefficient (Wildman–Crippen LogP) is 2.31. The number of benzene rings is 1. The van der Waals surface area contributed by atoms with Crippen LogP contribution in [0, 0.1) is 0 Å². The van der Waals surface area contributed by atoms with E-state index in [1.807, 2.05) is 24.3 Å². The van der Waals surface area contributed by atoms with Gasteiger partial charge >= 0.3 is 0 Å². The van der Waals surface area contributed by atoms with Gasteiger partial charge in [0.2, 0.25) is 11.7 Å². The minimum atomic E-state index is 0.245. The molecule has 0 aliphatic carbocycles. The maximum atomic E-state index is 6.13. The van der Waals surface area contributed by atoms with Crippen LogP contribution in [-0.2, 0) is 6.54 Å². The summed E-state index contributed by atoms with van der Waals surface area (Å²) in [6.07, 6.45) is 2.21. The quantitative estimate of drug-likeness (QED) is 0.940. The molecule has 2 aromatic rings. The molecule has 0 spiro atoms. The summed E-state index contributed by atoms with van der Waals surface area (Å²) in [5.41, 5.74) is 6.76. The molecule has 20 heavy (non-hydrogen) atoms. The Labute approximate surface area is 122 Å². The number of rotatable bonds is 3. The van der Waals surface area contributed by atoms with Gasteiger partial charge in [-0.05, 0) is 31.5 Å². The average molecular weight is 293 g/mol. The molecule has 106 valence electrons. The number of hydrogen-bond donors (Lipinski definition) is 1. The second-order valence-electron chi connectivity index (χ2n) is 5.13. The summed E-state index contributed by atoms with van der Waals surface area (Å²) >= 11 is 6.13. The van der Waals surface area contributed by atoms with Crippen molar-refractivity contribution in [1.82, 2.24) is 15.0 Å². The molecular formula is C14H17ClN4O. The van der Waals surface area contributed by atoms with Crippen molar-refractivity contribution in [2.75, 3.05) is 13.1 Å². The first kappa shape index (κ1) is 13.5. The summed E-state index contributed by atoms with van der Waals surface area (Å²) in [6, 6.07) is 7.72. The maximum Gasteiger partial charge on any atom is 0.241 e. The van der Waals surface area contributed by atoms with Gasteiger partial charge in [0.15, 0.2) is 0 Å². The highest BCUT2D eigenvalue weighted by Crippen LogP contribution is 2.25. The van der Waals surface area contributed by atoms with E-state index < -0.39 is 0 Å². The van der Waals surface area contributed by atoms with Crippen molar-refractivity contribution < 1.29 is 4.52 Å². The molecule has 0 radical (unpaired) electrons. The summed E-state index contributed by atoms with van der Waals surface area (Å²) in [6.45, 7) is 2.55. The standard InChI is InChI=1S/C14H17ClN4O/c15-12-6-2-1-5-11(12)14-17-13(20-18-14)9-19-7-3-4-10(16)8-19/h1-2,5-6,10H,3-4,7-9,16H2. The fourth-order valence-electron chi connectivity index (χ4n) is 2.50. The van der Waals surface area contributed by atoms with Crippen LogP contribution < -0.4 is 5.73 Å². The third-order valence-electron chi connectivity index (χ3n) is 3.48. The molecule has 0 bridgehead atoms. The van der Waals surface area contributed by atoms with E-state index in [0.29, 0.717) is 23.3 Å². The van der Waals surface area contributed by atoms with Gasteiger partial charge in [-0.3, -0.25) is 4.90 Å². The van der Waals surface area contributed by atoms with Crippen LogP contribution >= 0.6 is 11.6 Å². The van der Waals surface area contributed by atoms with Gasteiger partial charge in [0.05, 0.1) is 11.6 Å². The molecule has 2 heterocycles. The fourth-order valence-corrected chi connectivity index (χ4v) is 2.72. The first-order chi connectivity index (χ1) is 9.72. The van der Waals surface area contributed by atoms with Crippen molar-refractivity contribution in [1.29, 1.82) is 0 Å². The van der Waals surface area contributed by atoms with E-state index in [4.69, 9.17) is 21.9 Å². The molecule has 3 rings (SSSR count). The Hall–Kier alpha value is -1.43. The van der Waals surface area contributed by atoms with Gasteiger partial charge in [-0.2, -0.15) is 4.98 Å². The van der Waals surface area contributed by atoms with E-state index in [-0.39, 0.29) is 6.04 Å². The van der Waals surface area contributed by atoms with Gasteiger partial charge in [-0.1, -0.05) is 28.9 Å². The van der Waals surface area contributed by atoms with Crippen molar-refractivity contribution in [3.05, 3.63) is 35.2 Å². The molecule has 1 fully saturated rings. The van der Waals surface area contributed by atoms with Crippen molar-refractivity contribution in [2.24, 2.45) is 5.73 Å². The molecule has 1 aliphatic heterocycles.